The van der Waals surface area contributed by atoms with Gasteiger partial charge in [0, 0.05) is 6.04 Å². The van der Waals surface area contributed by atoms with Crippen LogP contribution in [0.25, 0.3) is 0 Å². The molecule has 1 nitrogen and oxygen atoms in total. The van der Waals surface area contributed by atoms with Gasteiger partial charge in [-0.15, -0.1) is 0 Å². The first-order valence-corrected chi connectivity index (χ1v) is 8.12. The zero-order chi connectivity index (χ0) is 14.8. The second kappa shape index (κ2) is 5.89. The second-order valence-electron chi connectivity index (χ2n) is 7.85. The van der Waals surface area contributed by atoms with Gasteiger partial charge in [0.25, 0.3) is 0 Å². The Hall–Kier alpha value is -0.820. The minimum absolute atomic E-state index is 0.248. The van der Waals surface area contributed by atoms with Crippen LogP contribution in [-0.2, 0) is 11.8 Å². The fraction of sp³-hybridized carbons (Fsp3) is 0.684. The SMILES string of the molecule is CNC(Cc1ccc(C(C)(C)C)cc1)C1(C)CCCC1. The monoisotopic (exact) mass is 273 g/mol. The molecule has 0 amide bonds. The van der Waals surface area contributed by atoms with Gasteiger partial charge >= 0.3 is 0 Å². The Morgan fingerprint density at radius 1 is 1.10 bits per heavy atom. The summed E-state index contributed by atoms with van der Waals surface area (Å²) in [5, 5.41) is 3.58. The van der Waals surface area contributed by atoms with Crippen molar-refractivity contribution in [1.29, 1.82) is 0 Å². The molecular weight excluding hydrogens is 242 g/mol. The molecule has 1 aliphatic rings. The Labute approximate surface area is 125 Å². The van der Waals surface area contributed by atoms with Crippen molar-refractivity contribution >= 4 is 0 Å². The predicted octanol–water partition coefficient (Wildman–Crippen LogP) is 4.69. The lowest BCUT2D eigenvalue weighted by atomic mass is 9.77. The molecule has 1 heteroatoms. The molecule has 0 spiro atoms. The van der Waals surface area contributed by atoms with Crippen molar-refractivity contribution in [1.82, 2.24) is 5.32 Å². The van der Waals surface area contributed by atoms with Gasteiger partial charge in [-0.2, -0.15) is 0 Å². The van der Waals surface area contributed by atoms with E-state index < -0.39 is 0 Å². The van der Waals surface area contributed by atoms with Gasteiger partial charge in [0.15, 0.2) is 0 Å². The van der Waals surface area contributed by atoms with Gasteiger partial charge in [0.05, 0.1) is 0 Å². The van der Waals surface area contributed by atoms with Crippen LogP contribution in [0.4, 0.5) is 0 Å². The number of nitrogens with one attached hydrogen (secondary N) is 1. The first kappa shape index (κ1) is 15.6. The van der Waals surface area contributed by atoms with Gasteiger partial charge in [0.1, 0.15) is 0 Å². The van der Waals surface area contributed by atoms with Crippen LogP contribution >= 0.6 is 0 Å². The molecule has 1 saturated carbocycles. The zero-order valence-corrected chi connectivity index (χ0v) is 13.9. The fourth-order valence-electron chi connectivity index (χ4n) is 3.60. The Kier molecular flexibility index (Phi) is 4.59. The standard InChI is InChI=1S/C19H31N/c1-18(2,3)16-10-8-15(9-11-16)14-17(20-5)19(4)12-6-7-13-19/h8-11,17,20H,6-7,12-14H2,1-5H3. The summed E-state index contributed by atoms with van der Waals surface area (Å²) in [6.07, 6.45) is 6.70. The van der Waals surface area contributed by atoms with E-state index in [2.05, 4.69) is 64.3 Å². The molecule has 0 saturated heterocycles. The minimum Gasteiger partial charge on any atom is -0.316 e. The van der Waals surface area contributed by atoms with E-state index in [1.165, 1.54) is 36.8 Å². The van der Waals surface area contributed by atoms with E-state index in [0.717, 1.165) is 6.42 Å². The van der Waals surface area contributed by atoms with Gasteiger partial charge in [0.2, 0.25) is 0 Å². The van der Waals surface area contributed by atoms with Crippen LogP contribution in [0.5, 0.6) is 0 Å². The molecule has 0 heterocycles. The number of rotatable bonds is 4. The molecule has 1 aliphatic carbocycles. The fourth-order valence-corrected chi connectivity index (χ4v) is 3.60. The van der Waals surface area contributed by atoms with Crippen molar-refractivity contribution in [3.63, 3.8) is 0 Å². The van der Waals surface area contributed by atoms with E-state index in [9.17, 15) is 0 Å². The first-order chi connectivity index (χ1) is 9.35. The molecule has 20 heavy (non-hydrogen) atoms. The molecule has 1 fully saturated rings. The Morgan fingerprint density at radius 3 is 2.10 bits per heavy atom. The lowest BCUT2D eigenvalue weighted by Gasteiger charge is -2.34. The van der Waals surface area contributed by atoms with Crippen molar-refractivity contribution in [2.45, 2.75) is 71.3 Å². The molecule has 2 rings (SSSR count). The molecule has 1 atom stereocenters. The van der Waals surface area contributed by atoms with Crippen molar-refractivity contribution in [2.24, 2.45) is 5.41 Å². The number of hydrogen-bond acceptors (Lipinski definition) is 1. The Morgan fingerprint density at radius 2 is 1.65 bits per heavy atom. The van der Waals surface area contributed by atoms with Crippen molar-refractivity contribution in [3.8, 4) is 0 Å². The molecule has 0 aromatic heterocycles. The summed E-state index contributed by atoms with van der Waals surface area (Å²) in [4.78, 5) is 0. The number of benzene rings is 1. The highest BCUT2D eigenvalue weighted by Crippen LogP contribution is 2.41. The third-order valence-electron chi connectivity index (χ3n) is 5.20. The summed E-state index contributed by atoms with van der Waals surface area (Å²) in [6.45, 7) is 9.29. The summed E-state index contributed by atoms with van der Waals surface area (Å²) < 4.78 is 0. The summed E-state index contributed by atoms with van der Waals surface area (Å²) in [5.74, 6) is 0. The summed E-state index contributed by atoms with van der Waals surface area (Å²) >= 11 is 0. The molecule has 0 aliphatic heterocycles. The third kappa shape index (κ3) is 3.44. The van der Waals surface area contributed by atoms with Crippen LogP contribution in [0.15, 0.2) is 24.3 Å². The number of hydrogen-bond donors (Lipinski definition) is 1. The molecule has 0 radical (unpaired) electrons. The van der Waals surface area contributed by atoms with Gasteiger partial charge in [-0.3, -0.25) is 0 Å². The van der Waals surface area contributed by atoms with E-state index >= 15 is 0 Å². The molecule has 1 aromatic carbocycles. The molecular formula is C19H31N. The van der Waals surface area contributed by atoms with E-state index in [1.54, 1.807) is 0 Å². The lowest BCUT2D eigenvalue weighted by molar-refractivity contribution is 0.229. The smallest absolute Gasteiger partial charge is 0.0158 e. The van der Waals surface area contributed by atoms with Crippen LogP contribution in [0.2, 0.25) is 0 Å². The normalized spacial score (nSPS) is 20.1. The van der Waals surface area contributed by atoms with E-state index in [-0.39, 0.29) is 5.41 Å². The average molecular weight is 273 g/mol. The van der Waals surface area contributed by atoms with Crippen LogP contribution in [-0.4, -0.2) is 13.1 Å². The molecule has 1 unspecified atom stereocenters. The van der Waals surface area contributed by atoms with Crippen molar-refractivity contribution in [2.75, 3.05) is 7.05 Å². The lowest BCUT2D eigenvalue weighted by Crippen LogP contribution is -2.41. The number of likely N-dealkylation sites (N-methyl/N-ethyl adjacent to an activating group) is 1. The summed E-state index contributed by atoms with van der Waals surface area (Å²) in [7, 11) is 2.12. The highest BCUT2D eigenvalue weighted by Gasteiger charge is 2.35. The van der Waals surface area contributed by atoms with Gasteiger partial charge in [-0.25, -0.2) is 0 Å². The first-order valence-electron chi connectivity index (χ1n) is 8.12. The van der Waals surface area contributed by atoms with Gasteiger partial charge in [-0.05, 0) is 48.3 Å². The van der Waals surface area contributed by atoms with E-state index in [0.29, 0.717) is 11.5 Å². The largest absolute Gasteiger partial charge is 0.316 e. The van der Waals surface area contributed by atoms with Crippen molar-refractivity contribution < 1.29 is 0 Å². The Balaban J connectivity index is 2.08. The molecule has 1 N–H and O–H groups in total. The highest BCUT2D eigenvalue weighted by atomic mass is 14.9. The third-order valence-corrected chi connectivity index (χ3v) is 5.20. The molecule has 1 aromatic rings. The maximum absolute atomic E-state index is 3.58. The average Bonchev–Trinajstić information content (AvgIpc) is 2.83. The van der Waals surface area contributed by atoms with E-state index in [4.69, 9.17) is 0 Å². The van der Waals surface area contributed by atoms with Crippen molar-refractivity contribution in [3.05, 3.63) is 35.4 Å². The zero-order valence-electron chi connectivity index (χ0n) is 13.9. The molecule has 0 bridgehead atoms. The Bertz CT molecular complexity index is 418. The van der Waals surface area contributed by atoms with Gasteiger partial charge in [-0.1, -0.05) is 64.8 Å². The van der Waals surface area contributed by atoms with Crippen LogP contribution < -0.4 is 5.32 Å². The highest BCUT2D eigenvalue weighted by molar-refractivity contribution is 5.28. The second-order valence-corrected chi connectivity index (χ2v) is 7.85. The summed E-state index contributed by atoms with van der Waals surface area (Å²) in [5.41, 5.74) is 3.62. The quantitative estimate of drug-likeness (QED) is 0.839. The maximum Gasteiger partial charge on any atom is 0.0158 e. The van der Waals surface area contributed by atoms with E-state index in [1.807, 2.05) is 0 Å². The molecule has 112 valence electrons. The minimum atomic E-state index is 0.248. The topological polar surface area (TPSA) is 12.0 Å². The van der Waals surface area contributed by atoms with Gasteiger partial charge < -0.3 is 5.32 Å². The predicted molar refractivity (Wildman–Crippen MR) is 88.3 cm³/mol. The van der Waals surface area contributed by atoms with Crippen LogP contribution in [0.1, 0.15) is 64.5 Å². The van der Waals surface area contributed by atoms with Crippen LogP contribution in [0.3, 0.4) is 0 Å². The van der Waals surface area contributed by atoms with Crippen LogP contribution in [0, 0.1) is 5.41 Å². The maximum atomic E-state index is 3.58. The summed E-state index contributed by atoms with van der Waals surface area (Å²) in [6, 6.07) is 9.86.